The fraction of sp³-hybridized carbons (Fsp3) is 0.481. The van der Waals surface area contributed by atoms with Gasteiger partial charge >= 0.3 is 5.96 Å². The smallest absolute Gasteiger partial charge is 0.343 e. The Balaban J connectivity index is 1.28. The second-order valence-corrected chi connectivity index (χ2v) is 11.8. The Hall–Kier alpha value is -4.50. The standard InChI is InChI=1S/C27H34N10O5/c1-25(2)8-11-42-18-14(6-4-7-15(18)25)21(38)33-17-13-37-24(29)32-16(12-36(3)22(39)20-30-9-5-10-31-20)19-26(37,27(17,40)41)35-23(28)34-19/h4-7,9-10,16-17,19,40-41H,8,11-13H2,1-3H3,(H2,29,32)(H,33,38)(H3,28,34,35)/p+1/t16-,17?,19-,26-/m0/s1. The van der Waals surface area contributed by atoms with Crippen LogP contribution in [0.5, 0.6) is 5.75 Å². The first-order chi connectivity index (χ1) is 19.9. The lowest BCUT2D eigenvalue weighted by Gasteiger charge is -2.46. The van der Waals surface area contributed by atoms with Crippen LogP contribution < -0.4 is 31.8 Å². The van der Waals surface area contributed by atoms with Gasteiger partial charge in [-0.1, -0.05) is 26.0 Å². The number of rotatable bonds is 5. The highest BCUT2D eigenvalue weighted by molar-refractivity contribution is 5.98. The molecule has 42 heavy (non-hydrogen) atoms. The summed E-state index contributed by atoms with van der Waals surface area (Å²) in [5.41, 5.74) is 11.8. The first-order valence-electron chi connectivity index (χ1n) is 13.7. The SMILES string of the molecule is CN(C[C@@H]1N=C(N)N2CC(NC(=O)c3cccc4c3OCCC4(C)C)C(O)(O)[C@@]23NC(N)=[NH+][C@@H]13)C(=O)c1ncccn1. The molecule has 9 N–H and O–H groups in total. The van der Waals surface area contributed by atoms with Crippen LogP contribution in [0, 0.1) is 0 Å². The molecule has 1 aromatic heterocycles. The van der Waals surface area contributed by atoms with Gasteiger partial charge in [-0.2, -0.15) is 0 Å². The largest absolute Gasteiger partial charge is 0.492 e. The molecule has 4 atom stereocenters. The number of guanidine groups is 2. The lowest BCUT2D eigenvalue weighted by atomic mass is 9.79. The number of nitrogens with zero attached hydrogens (tertiary/aromatic N) is 5. The van der Waals surface area contributed by atoms with E-state index < -0.39 is 41.4 Å². The molecule has 1 spiro atoms. The molecule has 0 radical (unpaired) electrons. The van der Waals surface area contributed by atoms with Gasteiger partial charge in [0.1, 0.15) is 17.8 Å². The van der Waals surface area contributed by atoms with E-state index in [9.17, 15) is 19.8 Å². The molecule has 222 valence electrons. The number of nitrogens with one attached hydrogen (secondary N) is 3. The Morgan fingerprint density at radius 2 is 1.98 bits per heavy atom. The van der Waals surface area contributed by atoms with E-state index in [2.05, 4.69) is 44.4 Å². The van der Waals surface area contributed by atoms with E-state index in [1.807, 2.05) is 6.07 Å². The van der Waals surface area contributed by atoms with Crippen LogP contribution in [0.15, 0.2) is 41.7 Å². The number of likely N-dealkylation sites (N-methyl/N-ethyl adjacent to an activating group) is 1. The molecule has 4 aliphatic rings. The van der Waals surface area contributed by atoms with E-state index in [4.69, 9.17) is 16.2 Å². The molecule has 1 saturated heterocycles. The molecule has 2 amide bonds. The van der Waals surface area contributed by atoms with Crippen LogP contribution in [-0.4, -0.2) is 110 Å². The van der Waals surface area contributed by atoms with Gasteiger partial charge in [0.15, 0.2) is 12.0 Å². The van der Waals surface area contributed by atoms with Crippen molar-refractivity contribution in [3.8, 4) is 5.75 Å². The monoisotopic (exact) mass is 579 g/mol. The molecule has 6 rings (SSSR count). The van der Waals surface area contributed by atoms with Crippen molar-refractivity contribution in [3.05, 3.63) is 53.6 Å². The maximum absolute atomic E-state index is 13.6. The Labute approximate surface area is 241 Å². The molecule has 4 aliphatic heterocycles. The Morgan fingerprint density at radius 3 is 2.71 bits per heavy atom. The molecular formula is C27H35N10O5+. The molecule has 0 bridgehead atoms. The van der Waals surface area contributed by atoms with E-state index in [0.29, 0.717) is 17.9 Å². The quantitative estimate of drug-likeness (QED) is 0.170. The summed E-state index contributed by atoms with van der Waals surface area (Å²) in [7, 11) is 1.56. The highest BCUT2D eigenvalue weighted by atomic mass is 16.5. The van der Waals surface area contributed by atoms with E-state index in [-0.39, 0.29) is 36.2 Å². The first kappa shape index (κ1) is 27.7. The second kappa shape index (κ2) is 9.52. The van der Waals surface area contributed by atoms with Gasteiger partial charge in [0.05, 0.1) is 18.7 Å². The van der Waals surface area contributed by atoms with Crippen LogP contribution in [0.2, 0.25) is 0 Å². The van der Waals surface area contributed by atoms with Gasteiger partial charge in [-0.05, 0) is 24.0 Å². The van der Waals surface area contributed by atoms with Crippen LogP contribution >= 0.6 is 0 Å². The summed E-state index contributed by atoms with van der Waals surface area (Å²) in [6, 6.07) is 4.12. The minimum absolute atomic E-state index is 0.00505. The zero-order valence-electron chi connectivity index (χ0n) is 23.5. The van der Waals surface area contributed by atoms with Gasteiger partial charge in [-0.15, -0.1) is 0 Å². The normalized spacial score (nSPS) is 28.2. The van der Waals surface area contributed by atoms with Crippen molar-refractivity contribution in [3.63, 3.8) is 0 Å². The molecule has 15 heteroatoms. The molecule has 0 aliphatic carbocycles. The highest BCUT2D eigenvalue weighted by Crippen LogP contribution is 2.43. The van der Waals surface area contributed by atoms with E-state index in [1.54, 1.807) is 25.2 Å². The third kappa shape index (κ3) is 4.02. The summed E-state index contributed by atoms with van der Waals surface area (Å²) in [6.45, 7) is 4.58. The Kier molecular flexibility index (Phi) is 6.27. The van der Waals surface area contributed by atoms with Gasteiger partial charge < -0.3 is 30.9 Å². The minimum Gasteiger partial charge on any atom is -0.492 e. The van der Waals surface area contributed by atoms with Crippen molar-refractivity contribution in [2.45, 2.75) is 55.3 Å². The molecule has 1 unspecified atom stereocenters. The fourth-order valence-corrected chi connectivity index (χ4v) is 6.45. The molecule has 1 aromatic carbocycles. The van der Waals surface area contributed by atoms with Crippen molar-refractivity contribution in [2.75, 3.05) is 26.7 Å². The van der Waals surface area contributed by atoms with Crippen LogP contribution in [-0.2, 0) is 5.41 Å². The summed E-state index contributed by atoms with van der Waals surface area (Å²) >= 11 is 0. The van der Waals surface area contributed by atoms with Crippen LogP contribution in [0.1, 0.15) is 46.8 Å². The summed E-state index contributed by atoms with van der Waals surface area (Å²) < 4.78 is 5.91. The van der Waals surface area contributed by atoms with E-state index in [1.165, 1.54) is 22.2 Å². The predicted molar refractivity (Wildman–Crippen MR) is 149 cm³/mol. The third-order valence-corrected chi connectivity index (χ3v) is 8.72. The number of aliphatic imine (C=N–C) groups is 1. The molecule has 15 nitrogen and oxygen atoms in total. The average molecular weight is 580 g/mol. The summed E-state index contributed by atoms with van der Waals surface area (Å²) in [6.07, 6.45) is 3.73. The van der Waals surface area contributed by atoms with Gasteiger partial charge in [0, 0.05) is 31.5 Å². The number of carbonyl (C=O) groups excluding carboxylic acids is 2. The van der Waals surface area contributed by atoms with E-state index in [0.717, 1.165) is 12.0 Å². The molecular weight excluding hydrogens is 544 g/mol. The van der Waals surface area contributed by atoms with Crippen molar-refractivity contribution < 1.29 is 29.5 Å². The number of fused-ring (bicyclic) bond motifs is 1. The van der Waals surface area contributed by atoms with Crippen molar-refractivity contribution in [1.82, 2.24) is 30.4 Å². The van der Waals surface area contributed by atoms with Crippen LogP contribution in [0.25, 0.3) is 0 Å². The number of nitrogens with two attached hydrogens (primary N) is 2. The van der Waals surface area contributed by atoms with E-state index >= 15 is 0 Å². The first-order valence-corrected chi connectivity index (χ1v) is 13.7. The average Bonchev–Trinajstić information content (AvgIpc) is 3.42. The number of aliphatic hydroxyl groups is 2. The number of benzene rings is 1. The van der Waals surface area contributed by atoms with Crippen LogP contribution in [0.4, 0.5) is 0 Å². The summed E-state index contributed by atoms with van der Waals surface area (Å²) in [5.74, 6) is -3.04. The van der Waals surface area contributed by atoms with Gasteiger partial charge in [0.25, 0.3) is 17.5 Å². The molecule has 5 heterocycles. The number of amides is 2. The zero-order valence-corrected chi connectivity index (χ0v) is 23.5. The highest BCUT2D eigenvalue weighted by Gasteiger charge is 2.76. The summed E-state index contributed by atoms with van der Waals surface area (Å²) in [4.78, 5) is 45.1. The number of para-hydroxylation sites is 1. The van der Waals surface area contributed by atoms with Crippen LogP contribution in [0.3, 0.4) is 0 Å². The number of hydrogen-bond acceptors (Lipinski definition) is 12. The maximum Gasteiger partial charge on any atom is 0.343 e. The van der Waals surface area contributed by atoms with Crippen molar-refractivity contribution in [2.24, 2.45) is 16.5 Å². The predicted octanol–water partition coefficient (Wildman–Crippen LogP) is -3.84. The number of hydrogen-bond donors (Lipinski definition) is 7. The minimum atomic E-state index is -2.60. The maximum atomic E-state index is 13.6. The number of aromatic nitrogens is 2. The lowest BCUT2D eigenvalue weighted by Crippen LogP contribution is -2.90. The fourth-order valence-electron chi connectivity index (χ4n) is 6.45. The zero-order chi connectivity index (χ0) is 30.0. The second-order valence-electron chi connectivity index (χ2n) is 11.8. The van der Waals surface area contributed by atoms with Crippen molar-refractivity contribution in [1.29, 1.82) is 0 Å². The Bertz CT molecular complexity index is 1500. The Morgan fingerprint density at radius 1 is 1.24 bits per heavy atom. The summed E-state index contributed by atoms with van der Waals surface area (Å²) in [5, 5.41) is 29.3. The van der Waals surface area contributed by atoms with Crippen molar-refractivity contribution >= 4 is 23.7 Å². The third-order valence-electron chi connectivity index (χ3n) is 8.72. The molecule has 1 fully saturated rings. The topological polar surface area (TPSA) is 219 Å². The van der Waals surface area contributed by atoms with Gasteiger partial charge in [-0.25, -0.2) is 20.3 Å². The lowest BCUT2D eigenvalue weighted by molar-refractivity contribution is -0.521. The molecule has 0 saturated carbocycles. The van der Waals surface area contributed by atoms with Gasteiger partial charge in [-0.3, -0.25) is 25.2 Å². The van der Waals surface area contributed by atoms with Gasteiger partial charge in [0.2, 0.25) is 11.6 Å². The number of carbonyl (C=O) groups is 2. The number of ether oxygens (including phenoxy) is 1. The molecule has 2 aromatic rings.